The third-order valence-electron chi connectivity index (χ3n) is 5.83. The summed E-state index contributed by atoms with van der Waals surface area (Å²) in [5.74, 6) is -0.547. The fourth-order valence-electron chi connectivity index (χ4n) is 3.54. The molecule has 1 atom stereocenters. The molecule has 0 aromatic heterocycles. The minimum absolute atomic E-state index is 0.129. The number of carboxylic acids is 1. The lowest BCUT2D eigenvalue weighted by Gasteiger charge is -2.23. The monoisotopic (exact) mass is 444 g/mol. The van der Waals surface area contributed by atoms with Gasteiger partial charge >= 0.3 is 5.97 Å². The van der Waals surface area contributed by atoms with E-state index in [1.54, 1.807) is 26.0 Å². The molecule has 0 amide bonds. The van der Waals surface area contributed by atoms with Crippen molar-refractivity contribution in [2.45, 2.75) is 91.6 Å². The van der Waals surface area contributed by atoms with E-state index in [1.165, 1.54) is 17.2 Å². The SMILES string of the molecule is CC(=CCCC(C)=CCCC(C)(O)CCc1cc(O)cc(C)c1O)CCC=C(C)C(=O)O. The summed E-state index contributed by atoms with van der Waals surface area (Å²) < 4.78 is 0. The molecule has 4 N–H and O–H groups in total. The Kier molecular flexibility index (Phi) is 11.3. The summed E-state index contributed by atoms with van der Waals surface area (Å²) in [4.78, 5) is 10.8. The molecule has 0 heterocycles. The maximum Gasteiger partial charge on any atom is 0.330 e. The fraction of sp³-hybridized carbons (Fsp3) is 0.519. The number of phenolic OH excluding ortho intramolecular Hbond substituents is 2. The van der Waals surface area contributed by atoms with Crippen LogP contribution in [0.25, 0.3) is 0 Å². The molecule has 5 nitrogen and oxygen atoms in total. The zero-order chi connectivity index (χ0) is 24.3. The van der Waals surface area contributed by atoms with Gasteiger partial charge in [0.15, 0.2) is 0 Å². The Morgan fingerprint density at radius 2 is 1.50 bits per heavy atom. The molecule has 1 rings (SSSR count). The number of aromatic hydroxyl groups is 2. The molecule has 32 heavy (non-hydrogen) atoms. The minimum atomic E-state index is -0.862. The predicted octanol–water partition coefficient (Wildman–Crippen LogP) is 6.35. The first-order chi connectivity index (χ1) is 14.9. The lowest BCUT2D eigenvalue weighted by atomic mass is 9.91. The van der Waals surface area contributed by atoms with E-state index in [0.717, 1.165) is 32.1 Å². The van der Waals surface area contributed by atoms with Crippen LogP contribution in [-0.2, 0) is 11.2 Å². The third kappa shape index (κ3) is 10.7. The number of hydrogen-bond acceptors (Lipinski definition) is 4. The van der Waals surface area contributed by atoms with Crippen LogP contribution in [-0.4, -0.2) is 32.0 Å². The zero-order valence-electron chi connectivity index (χ0n) is 20.2. The van der Waals surface area contributed by atoms with Crippen molar-refractivity contribution in [3.63, 3.8) is 0 Å². The Balaban J connectivity index is 2.41. The molecule has 0 spiro atoms. The van der Waals surface area contributed by atoms with Crippen LogP contribution in [0.3, 0.4) is 0 Å². The van der Waals surface area contributed by atoms with Crippen LogP contribution >= 0.6 is 0 Å². The van der Waals surface area contributed by atoms with Crippen LogP contribution in [0.1, 0.15) is 83.8 Å². The number of hydrogen-bond donors (Lipinski definition) is 4. The molecular formula is C27H40O5. The number of rotatable bonds is 13. The van der Waals surface area contributed by atoms with E-state index in [1.807, 2.05) is 6.92 Å². The first-order valence-electron chi connectivity index (χ1n) is 11.4. The summed E-state index contributed by atoms with van der Waals surface area (Å²) >= 11 is 0. The molecule has 1 aromatic rings. The number of allylic oxidation sites excluding steroid dienone is 5. The maximum absolute atomic E-state index is 10.8. The van der Waals surface area contributed by atoms with E-state index in [2.05, 4.69) is 26.0 Å². The van der Waals surface area contributed by atoms with Gasteiger partial charge in [0, 0.05) is 5.57 Å². The van der Waals surface area contributed by atoms with E-state index in [4.69, 9.17) is 5.11 Å². The van der Waals surface area contributed by atoms with Gasteiger partial charge in [-0.3, -0.25) is 0 Å². The van der Waals surface area contributed by atoms with Crippen LogP contribution in [0.2, 0.25) is 0 Å². The number of carboxylic acid groups (broad SMARTS) is 1. The van der Waals surface area contributed by atoms with Gasteiger partial charge < -0.3 is 20.4 Å². The quantitative estimate of drug-likeness (QED) is 0.161. The van der Waals surface area contributed by atoms with Crippen LogP contribution < -0.4 is 0 Å². The summed E-state index contributed by atoms with van der Waals surface area (Å²) in [5.41, 5.74) is 3.38. The lowest BCUT2D eigenvalue weighted by Crippen LogP contribution is -2.24. The van der Waals surface area contributed by atoms with Gasteiger partial charge in [-0.15, -0.1) is 0 Å². The van der Waals surface area contributed by atoms with Crippen LogP contribution in [0.15, 0.2) is 47.1 Å². The fourth-order valence-corrected chi connectivity index (χ4v) is 3.54. The highest BCUT2D eigenvalue weighted by molar-refractivity contribution is 5.85. The molecule has 0 saturated carbocycles. The number of carbonyl (C=O) groups is 1. The molecule has 0 fully saturated rings. The van der Waals surface area contributed by atoms with Crippen molar-refractivity contribution >= 4 is 5.97 Å². The zero-order valence-corrected chi connectivity index (χ0v) is 20.2. The highest BCUT2D eigenvalue weighted by Crippen LogP contribution is 2.30. The number of aliphatic hydroxyl groups is 1. The third-order valence-corrected chi connectivity index (χ3v) is 5.83. The standard InChI is InChI=1S/C27H40O5/c1-19(11-7-13-21(3)26(30)31)9-6-10-20(2)12-8-15-27(5,32)16-14-23-18-24(28)17-22(4)25(23)29/h9,12-13,17-18,28-29,32H,6-8,10-11,14-16H2,1-5H3,(H,30,31). The lowest BCUT2D eigenvalue weighted by molar-refractivity contribution is -0.132. The second kappa shape index (κ2) is 13.1. The topological polar surface area (TPSA) is 98.0 Å². The first kappa shape index (κ1) is 27.5. The summed E-state index contributed by atoms with van der Waals surface area (Å²) in [7, 11) is 0. The maximum atomic E-state index is 10.8. The number of phenols is 2. The number of aliphatic carboxylic acids is 1. The molecule has 1 aromatic carbocycles. The molecule has 5 heteroatoms. The van der Waals surface area contributed by atoms with Crippen molar-refractivity contribution in [2.24, 2.45) is 0 Å². The van der Waals surface area contributed by atoms with Crippen LogP contribution in [0.4, 0.5) is 0 Å². The largest absolute Gasteiger partial charge is 0.508 e. The van der Waals surface area contributed by atoms with E-state index >= 15 is 0 Å². The molecule has 0 bridgehead atoms. The van der Waals surface area contributed by atoms with Gasteiger partial charge in [0.1, 0.15) is 11.5 Å². The highest BCUT2D eigenvalue weighted by Gasteiger charge is 2.20. The summed E-state index contributed by atoms with van der Waals surface area (Å²) in [6, 6.07) is 3.08. The van der Waals surface area contributed by atoms with Gasteiger partial charge in [0.25, 0.3) is 0 Å². The highest BCUT2D eigenvalue weighted by atomic mass is 16.4. The molecule has 0 aliphatic carbocycles. The van der Waals surface area contributed by atoms with Crippen LogP contribution in [0.5, 0.6) is 11.5 Å². The smallest absolute Gasteiger partial charge is 0.330 e. The molecule has 178 valence electrons. The van der Waals surface area contributed by atoms with Gasteiger partial charge in [-0.25, -0.2) is 4.79 Å². The summed E-state index contributed by atoms with van der Waals surface area (Å²) in [6.07, 6.45) is 12.1. The Morgan fingerprint density at radius 1 is 0.938 bits per heavy atom. The Hall–Kier alpha value is -2.53. The molecule has 0 aliphatic rings. The van der Waals surface area contributed by atoms with E-state index in [0.29, 0.717) is 36.0 Å². The summed E-state index contributed by atoms with van der Waals surface area (Å²) in [6.45, 7) is 9.36. The van der Waals surface area contributed by atoms with E-state index in [-0.39, 0.29) is 11.5 Å². The van der Waals surface area contributed by atoms with Crippen molar-refractivity contribution in [1.82, 2.24) is 0 Å². The van der Waals surface area contributed by atoms with Crippen molar-refractivity contribution in [3.05, 3.63) is 58.2 Å². The average Bonchev–Trinajstić information content (AvgIpc) is 2.69. The second-order valence-electron chi connectivity index (χ2n) is 9.18. The van der Waals surface area contributed by atoms with E-state index in [9.17, 15) is 20.1 Å². The Morgan fingerprint density at radius 3 is 2.09 bits per heavy atom. The predicted molar refractivity (Wildman–Crippen MR) is 130 cm³/mol. The van der Waals surface area contributed by atoms with Gasteiger partial charge in [-0.2, -0.15) is 0 Å². The molecule has 0 radical (unpaired) electrons. The Bertz CT molecular complexity index is 859. The number of benzene rings is 1. The minimum Gasteiger partial charge on any atom is -0.508 e. The van der Waals surface area contributed by atoms with Crippen molar-refractivity contribution in [3.8, 4) is 11.5 Å². The first-order valence-corrected chi connectivity index (χ1v) is 11.4. The average molecular weight is 445 g/mol. The van der Waals surface area contributed by atoms with Gasteiger partial charge in [-0.05, 0) is 109 Å². The molecule has 0 aliphatic heterocycles. The summed E-state index contributed by atoms with van der Waals surface area (Å²) in [5, 5.41) is 39.4. The van der Waals surface area contributed by atoms with Crippen molar-refractivity contribution in [1.29, 1.82) is 0 Å². The molecular weight excluding hydrogens is 404 g/mol. The molecule has 1 unspecified atom stereocenters. The van der Waals surface area contributed by atoms with Gasteiger partial charge in [-0.1, -0.05) is 29.4 Å². The second-order valence-corrected chi connectivity index (χ2v) is 9.18. The van der Waals surface area contributed by atoms with Crippen molar-refractivity contribution < 1.29 is 25.2 Å². The van der Waals surface area contributed by atoms with Gasteiger partial charge in [0.2, 0.25) is 0 Å². The van der Waals surface area contributed by atoms with Gasteiger partial charge in [0.05, 0.1) is 5.60 Å². The molecule has 0 saturated heterocycles. The van der Waals surface area contributed by atoms with Crippen molar-refractivity contribution in [2.75, 3.05) is 0 Å². The van der Waals surface area contributed by atoms with E-state index < -0.39 is 11.6 Å². The number of aryl methyl sites for hydroxylation is 2. The normalized spacial score (nSPS) is 15.0. The Labute approximate surface area is 192 Å². The van der Waals surface area contributed by atoms with Crippen LogP contribution in [0, 0.1) is 6.92 Å².